The topological polar surface area (TPSA) is 47.1 Å². The van der Waals surface area contributed by atoms with Crippen LogP contribution in [-0.4, -0.2) is 33.8 Å². The van der Waals surface area contributed by atoms with Gasteiger partial charge in [0.15, 0.2) is 0 Å². The van der Waals surface area contributed by atoms with Crippen LogP contribution in [0.5, 0.6) is 0 Å². The number of aromatic nitrogens is 2. The van der Waals surface area contributed by atoms with Gasteiger partial charge in [-0.3, -0.25) is 4.90 Å². The Balaban J connectivity index is 1.66. The van der Waals surface area contributed by atoms with Crippen molar-refractivity contribution in [1.29, 1.82) is 0 Å². The molecule has 4 heteroatoms. The van der Waals surface area contributed by atoms with Gasteiger partial charge in [-0.2, -0.15) is 5.10 Å². The Hall–Kier alpha value is -1.65. The molecule has 2 unspecified atom stereocenters. The summed E-state index contributed by atoms with van der Waals surface area (Å²) >= 11 is 0. The van der Waals surface area contributed by atoms with Gasteiger partial charge in [-0.05, 0) is 36.1 Å². The van der Waals surface area contributed by atoms with Gasteiger partial charge >= 0.3 is 0 Å². The molecule has 4 nitrogen and oxygen atoms in total. The van der Waals surface area contributed by atoms with Crippen LogP contribution >= 0.6 is 0 Å². The Morgan fingerprint density at radius 1 is 1.25 bits per heavy atom. The molecule has 1 aromatic heterocycles. The average molecular weight is 270 g/mol. The summed E-state index contributed by atoms with van der Waals surface area (Å²) in [6, 6.07) is 10.9. The molecule has 0 radical (unpaired) electrons. The molecule has 2 heterocycles. The summed E-state index contributed by atoms with van der Waals surface area (Å²) in [4.78, 5) is 2.46. The van der Waals surface area contributed by atoms with E-state index in [1.807, 2.05) is 16.9 Å². The van der Waals surface area contributed by atoms with Crippen LogP contribution in [0.15, 0.2) is 42.7 Å². The molecule has 0 bridgehead atoms. The van der Waals surface area contributed by atoms with Gasteiger partial charge < -0.3 is 5.73 Å². The lowest BCUT2D eigenvalue weighted by molar-refractivity contribution is 0.158. The van der Waals surface area contributed by atoms with Crippen LogP contribution in [0, 0.1) is 5.92 Å². The van der Waals surface area contributed by atoms with E-state index in [2.05, 4.69) is 41.2 Å². The van der Waals surface area contributed by atoms with Gasteiger partial charge in [0, 0.05) is 38.1 Å². The summed E-state index contributed by atoms with van der Waals surface area (Å²) in [5.41, 5.74) is 8.54. The minimum absolute atomic E-state index is 0.321. The quantitative estimate of drug-likeness (QED) is 0.928. The van der Waals surface area contributed by atoms with Crippen molar-refractivity contribution < 1.29 is 0 Å². The van der Waals surface area contributed by atoms with Crippen LogP contribution in [0.2, 0.25) is 0 Å². The van der Waals surface area contributed by atoms with E-state index in [9.17, 15) is 0 Å². The third-order valence-corrected chi connectivity index (χ3v) is 3.88. The minimum atomic E-state index is 0.321. The van der Waals surface area contributed by atoms with Crippen LogP contribution in [0.25, 0.3) is 5.69 Å². The molecule has 20 heavy (non-hydrogen) atoms. The van der Waals surface area contributed by atoms with E-state index in [-0.39, 0.29) is 0 Å². The first kappa shape index (κ1) is 13.3. The van der Waals surface area contributed by atoms with E-state index in [1.165, 1.54) is 5.56 Å². The molecule has 0 saturated carbocycles. The highest BCUT2D eigenvalue weighted by Crippen LogP contribution is 2.18. The zero-order chi connectivity index (χ0) is 13.9. The van der Waals surface area contributed by atoms with Gasteiger partial charge in [-0.15, -0.1) is 0 Å². The van der Waals surface area contributed by atoms with Gasteiger partial charge in [0.25, 0.3) is 0 Å². The van der Waals surface area contributed by atoms with E-state index in [1.54, 1.807) is 6.20 Å². The molecule has 2 aromatic rings. The van der Waals surface area contributed by atoms with Crippen molar-refractivity contribution in [3.05, 3.63) is 48.3 Å². The number of piperidine rings is 1. The number of benzene rings is 1. The van der Waals surface area contributed by atoms with Crippen molar-refractivity contribution in [3.8, 4) is 5.69 Å². The van der Waals surface area contributed by atoms with E-state index in [0.29, 0.717) is 12.0 Å². The fourth-order valence-electron chi connectivity index (χ4n) is 3.08. The first-order valence-electron chi connectivity index (χ1n) is 7.27. The second-order valence-electron chi connectivity index (χ2n) is 5.91. The number of likely N-dealkylation sites (tertiary alicyclic amines) is 1. The van der Waals surface area contributed by atoms with E-state index >= 15 is 0 Å². The number of rotatable bonds is 3. The normalized spacial score (nSPS) is 23.9. The van der Waals surface area contributed by atoms with Gasteiger partial charge in [0.1, 0.15) is 0 Å². The van der Waals surface area contributed by atoms with Gasteiger partial charge in [0.2, 0.25) is 0 Å². The molecule has 1 aliphatic rings. The maximum atomic E-state index is 6.10. The highest BCUT2D eigenvalue weighted by Gasteiger charge is 2.21. The smallest absolute Gasteiger partial charge is 0.0645 e. The Morgan fingerprint density at radius 3 is 2.70 bits per heavy atom. The van der Waals surface area contributed by atoms with Crippen LogP contribution in [0.3, 0.4) is 0 Å². The summed E-state index contributed by atoms with van der Waals surface area (Å²) in [6.45, 7) is 5.42. The first-order chi connectivity index (χ1) is 9.70. The molecule has 0 aliphatic carbocycles. The Labute approximate surface area is 120 Å². The maximum absolute atomic E-state index is 6.10. The molecule has 1 fully saturated rings. The first-order valence-corrected chi connectivity index (χ1v) is 7.27. The fourth-order valence-corrected chi connectivity index (χ4v) is 3.08. The standard InChI is InChI=1S/C16H22N4/c1-13-9-15(17)12-19(10-13)11-14-3-5-16(6-4-14)20-8-2-7-18-20/h2-8,13,15H,9-12,17H2,1H3. The van der Waals surface area contributed by atoms with Gasteiger partial charge in [0.05, 0.1) is 5.69 Å². The zero-order valence-electron chi connectivity index (χ0n) is 11.9. The van der Waals surface area contributed by atoms with Crippen molar-refractivity contribution in [3.63, 3.8) is 0 Å². The summed E-state index contributed by atoms with van der Waals surface area (Å²) in [5, 5.41) is 4.24. The fraction of sp³-hybridized carbons (Fsp3) is 0.438. The predicted molar refractivity (Wildman–Crippen MR) is 80.6 cm³/mol. The van der Waals surface area contributed by atoms with Crippen molar-refractivity contribution in [1.82, 2.24) is 14.7 Å². The lowest BCUT2D eigenvalue weighted by Crippen LogP contribution is -2.45. The SMILES string of the molecule is CC1CC(N)CN(Cc2ccc(-n3cccn3)cc2)C1. The van der Waals surface area contributed by atoms with E-state index in [4.69, 9.17) is 5.73 Å². The molecule has 2 atom stereocenters. The van der Waals surface area contributed by atoms with E-state index < -0.39 is 0 Å². The molecular formula is C16H22N4. The second kappa shape index (κ2) is 5.77. The Bertz CT molecular complexity index is 522. The number of hydrogen-bond acceptors (Lipinski definition) is 3. The summed E-state index contributed by atoms with van der Waals surface area (Å²) in [6.07, 6.45) is 4.90. The number of hydrogen-bond donors (Lipinski definition) is 1. The predicted octanol–water partition coefficient (Wildman–Crippen LogP) is 2.04. The molecule has 1 aromatic carbocycles. The van der Waals surface area contributed by atoms with Crippen molar-refractivity contribution in [2.24, 2.45) is 11.7 Å². The summed E-state index contributed by atoms with van der Waals surface area (Å²) in [7, 11) is 0. The summed E-state index contributed by atoms with van der Waals surface area (Å²) in [5.74, 6) is 0.696. The molecule has 2 N–H and O–H groups in total. The molecular weight excluding hydrogens is 248 g/mol. The molecule has 0 amide bonds. The van der Waals surface area contributed by atoms with Crippen molar-refractivity contribution in [2.75, 3.05) is 13.1 Å². The molecule has 106 valence electrons. The van der Waals surface area contributed by atoms with E-state index in [0.717, 1.165) is 31.7 Å². The highest BCUT2D eigenvalue weighted by molar-refractivity contribution is 5.33. The van der Waals surface area contributed by atoms with Crippen molar-refractivity contribution >= 4 is 0 Å². The molecule has 3 rings (SSSR count). The Kier molecular flexibility index (Phi) is 3.85. The summed E-state index contributed by atoms with van der Waals surface area (Å²) < 4.78 is 1.88. The molecule has 1 saturated heterocycles. The number of nitrogens with two attached hydrogens (primary N) is 1. The monoisotopic (exact) mass is 270 g/mol. The lowest BCUT2D eigenvalue weighted by Gasteiger charge is -2.34. The zero-order valence-corrected chi connectivity index (χ0v) is 11.9. The van der Waals surface area contributed by atoms with Gasteiger partial charge in [-0.1, -0.05) is 19.1 Å². The largest absolute Gasteiger partial charge is 0.327 e. The van der Waals surface area contributed by atoms with Crippen LogP contribution < -0.4 is 5.73 Å². The lowest BCUT2D eigenvalue weighted by atomic mass is 9.96. The van der Waals surface area contributed by atoms with Crippen molar-refractivity contribution in [2.45, 2.75) is 25.9 Å². The molecule has 0 spiro atoms. The van der Waals surface area contributed by atoms with Crippen LogP contribution in [0.4, 0.5) is 0 Å². The highest BCUT2D eigenvalue weighted by atomic mass is 15.3. The average Bonchev–Trinajstić information content (AvgIpc) is 2.92. The third-order valence-electron chi connectivity index (χ3n) is 3.88. The van der Waals surface area contributed by atoms with Crippen LogP contribution in [-0.2, 0) is 6.54 Å². The van der Waals surface area contributed by atoms with Crippen LogP contribution in [0.1, 0.15) is 18.9 Å². The Morgan fingerprint density at radius 2 is 2.05 bits per heavy atom. The van der Waals surface area contributed by atoms with Gasteiger partial charge in [-0.25, -0.2) is 4.68 Å². The third kappa shape index (κ3) is 3.08. The molecule has 1 aliphatic heterocycles. The second-order valence-corrected chi connectivity index (χ2v) is 5.91. The number of nitrogens with zero attached hydrogens (tertiary/aromatic N) is 3. The maximum Gasteiger partial charge on any atom is 0.0645 e. The minimum Gasteiger partial charge on any atom is -0.327 e.